The summed E-state index contributed by atoms with van der Waals surface area (Å²) in [6.07, 6.45) is -1.04. The van der Waals surface area contributed by atoms with Gasteiger partial charge in [-0.15, -0.1) is 0 Å². The van der Waals surface area contributed by atoms with Gasteiger partial charge in [0.05, 0.1) is 0 Å². The predicted molar refractivity (Wildman–Crippen MR) is 38.4 cm³/mol. The molecule has 0 aliphatic heterocycles. The van der Waals surface area contributed by atoms with Gasteiger partial charge in [0, 0.05) is 5.25 Å². The topological polar surface area (TPSA) is 37.3 Å². The Morgan fingerprint density at radius 2 is 2.11 bits per heavy atom. The zero-order valence-electron chi connectivity index (χ0n) is 5.20. The Morgan fingerprint density at radius 1 is 1.67 bits per heavy atom. The number of rotatable bonds is 3. The third-order valence-electron chi connectivity index (χ3n) is 0.881. The van der Waals surface area contributed by atoms with Crippen LogP contribution < -0.4 is 0 Å². The van der Waals surface area contributed by atoms with Crippen LogP contribution in [0.2, 0.25) is 0 Å². The van der Waals surface area contributed by atoms with Crippen molar-refractivity contribution in [3.05, 3.63) is 0 Å². The monoisotopic (exact) mass is 172 g/mol. The largest absolute Gasteiger partial charge is 0.298 e. The van der Waals surface area contributed by atoms with Gasteiger partial charge >= 0.3 is 0 Å². The van der Waals surface area contributed by atoms with E-state index >= 15 is 0 Å². The second-order valence-electron chi connectivity index (χ2n) is 1.70. The summed E-state index contributed by atoms with van der Waals surface area (Å²) in [6.45, 7) is 2.94. The third kappa shape index (κ3) is 4.87. The van der Waals surface area contributed by atoms with Crippen molar-refractivity contribution < 1.29 is 13.2 Å². The smallest absolute Gasteiger partial charge is 0.216 e. The van der Waals surface area contributed by atoms with Gasteiger partial charge in [0.1, 0.15) is 6.17 Å². The quantitative estimate of drug-likeness (QED) is 0.519. The van der Waals surface area contributed by atoms with Gasteiger partial charge < -0.3 is 0 Å². The lowest BCUT2D eigenvalue weighted by Crippen LogP contribution is -2.10. The minimum Gasteiger partial charge on any atom is -0.298 e. The van der Waals surface area contributed by atoms with Crippen molar-refractivity contribution in [1.29, 1.82) is 0 Å². The fraction of sp³-hybridized carbons (Fsp3) is 1.00. The number of halogens is 1. The maximum atomic E-state index is 12.2. The van der Waals surface area contributed by atoms with Crippen molar-refractivity contribution in [2.45, 2.75) is 25.3 Å². The highest BCUT2D eigenvalue weighted by Gasteiger charge is 2.13. The van der Waals surface area contributed by atoms with Crippen LogP contribution in [0.3, 0.4) is 0 Å². The van der Waals surface area contributed by atoms with Crippen LogP contribution in [0.4, 0.5) is 4.39 Å². The van der Waals surface area contributed by atoms with Crippen LogP contribution in [0.25, 0.3) is 0 Å². The molecule has 0 aromatic rings. The first kappa shape index (κ1) is 9.39. The van der Waals surface area contributed by atoms with Gasteiger partial charge in [-0.25, -0.2) is 8.60 Å². The van der Waals surface area contributed by atoms with Crippen molar-refractivity contribution >= 4 is 20.9 Å². The van der Waals surface area contributed by atoms with Gasteiger partial charge in [-0.2, -0.15) is 0 Å². The molecule has 0 aliphatic carbocycles. The molecule has 3 unspecified atom stereocenters. The second-order valence-corrected chi connectivity index (χ2v) is 4.50. The van der Waals surface area contributed by atoms with E-state index in [1.54, 1.807) is 6.92 Å². The minimum atomic E-state index is -1.94. The highest BCUT2D eigenvalue weighted by molar-refractivity contribution is 8.67. The highest BCUT2D eigenvalue weighted by atomic mass is 33.1. The van der Waals surface area contributed by atoms with E-state index in [0.29, 0.717) is 10.8 Å². The summed E-state index contributed by atoms with van der Waals surface area (Å²) in [4.78, 5) is 0. The van der Waals surface area contributed by atoms with E-state index in [1.165, 1.54) is 6.92 Å². The van der Waals surface area contributed by atoms with Gasteiger partial charge in [-0.05, 0) is 24.6 Å². The van der Waals surface area contributed by atoms with Crippen LogP contribution in [0.5, 0.6) is 0 Å². The van der Waals surface area contributed by atoms with Crippen molar-refractivity contribution in [3.8, 4) is 0 Å². The molecule has 0 spiro atoms. The van der Waals surface area contributed by atoms with Crippen molar-refractivity contribution in [1.82, 2.24) is 0 Å². The molecule has 0 heterocycles. The number of hydrogen-bond acceptors (Lipinski definition) is 2. The summed E-state index contributed by atoms with van der Waals surface area (Å²) in [6, 6.07) is 0. The van der Waals surface area contributed by atoms with Gasteiger partial charge in [-0.1, -0.05) is 0 Å². The lowest BCUT2D eigenvalue weighted by molar-refractivity contribution is 0.361. The molecule has 0 amide bonds. The molecule has 2 nitrogen and oxygen atoms in total. The molecule has 0 saturated carbocycles. The normalized spacial score (nSPS) is 20.9. The van der Waals surface area contributed by atoms with Crippen LogP contribution in [-0.2, 0) is 10.1 Å². The molecule has 5 heteroatoms. The molecule has 0 aromatic carbocycles. The van der Waals surface area contributed by atoms with Gasteiger partial charge in [0.2, 0.25) is 10.1 Å². The van der Waals surface area contributed by atoms with E-state index in [-0.39, 0.29) is 0 Å². The number of hydrogen-bond donors (Lipinski definition) is 1. The summed E-state index contributed by atoms with van der Waals surface area (Å²) in [5, 5.41) is -0.407. The molecule has 3 atom stereocenters. The van der Waals surface area contributed by atoms with Crippen LogP contribution in [0.15, 0.2) is 0 Å². The molecule has 0 aromatic heterocycles. The first-order chi connectivity index (χ1) is 4.04. The molecule has 0 fully saturated rings. The summed E-state index contributed by atoms with van der Waals surface area (Å²) in [7, 11) is -1.22. The fourth-order valence-electron chi connectivity index (χ4n) is 0.206. The lowest BCUT2D eigenvalue weighted by atomic mass is 10.3. The Morgan fingerprint density at radius 3 is 2.22 bits per heavy atom. The Bertz CT molecular complexity index is 107. The summed E-state index contributed by atoms with van der Waals surface area (Å²) in [5.74, 6) is 0. The maximum absolute atomic E-state index is 12.2. The molecule has 9 heavy (non-hydrogen) atoms. The molecular formula is C4H9FO2S2. The summed E-state index contributed by atoms with van der Waals surface area (Å²) >= 11 is 0. The Balaban J connectivity index is 3.50. The zero-order valence-corrected chi connectivity index (χ0v) is 6.84. The standard InChI is InChI=1S/C4H9FO2S2/c1-3(5)4(2)8-9(6)7/h3-4H,1-2H3,(H,6,7). The second kappa shape index (κ2) is 4.24. The van der Waals surface area contributed by atoms with Crippen LogP contribution >= 0.6 is 10.8 Å². The van der Waals surface area contributed by atoms with Gasteiger partial charge in [-0.3, -0.25) is 4.55 Å². The van der Waals surface area contributed by atoms with Crippen LogP contribution in [0, 0.1) is 0 Å². The molecule has 1 N–H and O–H groups in total. The van der Waals surface area contributed by atoms with E-state index in [9.17, 15) is 8.60 Å². The Hall–Kier alpha value is 0.390. The molecule has 0 rings (SSSR count). The molecule has 0 aliphatic rings. The summed E-state index contributed by atoms with van der Waals surface area (Å²) in [5.41, 5.74) is 0. The van der Waals surface area contributed by atoms with E-state index in [2.05, 4.69) is 0 Å². The van der Waals surface area contributed by atoms with Crippen molar-refractivity contribution in [2.75, 3.05) is 0 Å². The fourth-order valence-corrected chi connectivity index (χ4v) is 1.86. The molecular weight excluding hydrogens is 163 g/mol. The maximum Gasteiger partial charge on any atom is 0.216 e. The lowest BCUT2D eigenvalue weighted by Gasteiger charge is -2.07. The molecule has 0 bridgehead atoms. The third-order valence-corrected chi connectivity index (χ3v) is 3.13. The SMILES string of the molecule is CC(F)C(C)SS(=O)O. The van der Waals surface area contributed by atoms with E-state index in [1.807, 2.05) is 0 Å². The van der Waals surface area contributed by atoms with E-state index < -0.39 is 21.5 Å². The average Bonchev–Trinajstić information content (AvgIpc) is 1.63. The predicted octanol–water partition coefficient (Wildman–Crippen LogP) is 1.60. The first-order valence-corrected chi connectivity index (χ1v) is 4.96. The average molecular weight is 172 g/mol. The van der Waals surface area contributed by atoms with E-state index in [4.69, 9.17) is 4.55 Å². The minimum absolute atomic E-state index is 0.407. The van der Waals surface area contributed by atoms with E-state index in [0.717, 1.165) is 0 Å². The van der Waals surface area contributed by atoms with Crippen molar-refractivity contribution in [2.24, 2.45) is 0 Å². The van der Waals surface area contributed by atoms with Gasteiger partial charge in [0.15, 0.2) is 0 Å². The number of alkyl halides is 1. The molecule has 56 valence electrons. The highest BCUT2D eigenvalue weighted by Crippen LogP contribution is 2.18. The Labute approximate surface area is 59.9 Å². The first-order valence-electron chi connectivity index (χ1n) is 2.46. The Kier molecular flexibility index (Phi) is 4.43. The summed E-state index contributed by atoms with van der Waals surface area (Å²) < 4.78 is 30.5. The van der Waals surface area contributed by atoms with Crippen LogP contribution in [-0.4, -0.2) is 20.2 Å². The molecule has 0 radical (unpaired) electrons. The van der Waals surface area contributed by atoms with Crippen LogP contribution in [0.1, 0.15) is 13.8 Å². The van der Waals surface area contributed by atoms with Gasteiger partial charge in [0.25, 0.3) is 0 Å². The van der Waals surface area contributed by atoms with Crippen molar-refractivity contribution in [3.63, 3.8) is 0 Å². The molecule has 0 saturated heterocycles. The zero-order chi connectivity index (χ0) is 7.44.